The second kappa shape index (κ2) is 5.80. The third kappa shape index (κ3) is 5.07. The van der Waals surface area contributed by atoms with Crippen LogP contribution in [-0.2, 0) is 6.54 Å². The normalized spacial score (nSPS) is 11.7. The highest BCUT2D eigenvalue weighted by molar-refractivity contribution is 4.84. The van der Waals surface area contributed by atoms with Gasteiger partial charge >= 0.3 is 0 Å². The van der Waals surface area contributed by atoms with E-state index in [0.717, 1.165) is 19.5 Å². The van der Waals surface area contributed by atoms with E-state index in [1.54, 1.807) is 12.3 Å². The van der Waals surface area contributed by atoms with Crippen LogP contribution in [-0.4, -0.2) is 22.9 Å². The Hall–Kier alpha value is -1.16. The molecule has 0 saturated carbocycles. The van der Waals surface area contributed by atoms with Crippen LogP contribution >= 0.6 is 0 Å². The summed E-state index contributed by atoms with van der Waals surface area (Å²) in [6.07, 6.45) is 2.76. The molecule has 1 rings (SSSR count). The molecule has 1 N–H and O–H groups in total. The molecule has 0 unspecified atom stereocenters. The molecular formula is C12H21N3O. The summed E-state index contributed by atoms with van der Waals surface area (Å²) in [6.45, 7) is 9.05. The molecule has 16 heavy (non-hydrogen) atoms. The molecule has 1 aromatic heterocycles. The maximum atomic E-state index is 11.3. The van der Waals surface area contributed by atoms with Crippen LogP contribution in [0.5, 0.6) is 0 Å². The lowest BCUT2D eigenvalue weighted by atomic mass is 9.92. The zero-order chi connectivity index (χ0) is 12.0. The predicted molar refractivity (Wildman–Crippen MR) is 65.4 cm³/mol. The second-order valence-electron chi connectivity index (χ2n) is 5.15. The molecule has 0 saturated heterocycles. The number of rotatable bonds is 5. The van der Waals surface area contributed by atoms with E-state index >= 15 is 0 Å². The van der Waals surface area contributed by atoms with Gasteiger partial charge in [-0.2, -0.15) is 5.10 Å². The summed E-state index contributed by atoms with van der Waals surface area (Å²) in [4.78, 5) is 11.3. The van der Waals surface area contributed by atoms with Crippen LogP contribution < -0.4 is 10.9 Å². The van der Waals surface area contributed by atoms with Gasteiger partial charge in [0.25, 0.3) is 5.56 Å². The van der Waals surface area contributed by atoms with Crippen molar-refractivity contribution in [3.8, 4) is 0 Å². The molecule has 4 heteroatoms. The van der Waals surface area contributed by atoms with Crippen LogP contribution in [0.25, 0.3) is 0 Å². The summed E-state index contributed by atoms with van der Waals surface area (Å²) in [6, 6.07) is 3.19. The van der Waals surface area contributed by atoms with Crippen molar-refractivity contribution in [2.75, 3.05) is 13.1 Å². The molecule has 0 fully saturated rings. The fourth-order valence-electron chi connectivity index (χ4n) is 1.33. The number of aromatic nitrogens is 2. The average molecular weight is 223 g/mol. The monoisotopic (exact) mass is 223 g/mol. The molecule has 0 radical (unpaired) electrons. The van der Waals surface area contributed by atoms with Gasteiger partial charge in [0.2, 0.25) is 0 Å². The van der Waals surface area contributed by atoms with Gasteiger partial charge in [-0.05, 0) is 24.4 Å². The minimum absolute atomic E-state index is 0.0416. The van der Waals surface area contributed by atoms with Crippen LogP contribution in [0.1, 0.15) is 27.2 Å². The predicted octanol–water partition coefficient (Wildman–Crippen LogP) is 1.27. The zero-order valence-corrected chi connectivity index (χ0v) is 10.4. The minimum Gasteiger partial charge on any atom is -0.315 e. The summed E-state index contributed by atoms with van der Waals surface area (Å²) < 4.78 is 1.48. The lowest BCUT2D eigenvalue weighted by molar-refractivity contribution is 0.363. The van der Waals surface area contributed by atoms with Crippen molar-refractivity contribution in [2.24, 2.45) is 5.41 Å². The van der Waals surface area contributed by atoms with Gasteiger partial charge in [0, 0.05) is 18.8 Å². The van der Waals surface area contributed by atoms with Gasteiger partial charge in [0.15, 0.2) is 0 Å². The molecule has 1 heterocycles. The van der Waals surface area contributed by atoms with Crippen molar-refractivity contribution in [1.82, 2.24) is 15.1 Å². The summed E-state index contributed by atoms with van der Waals surface area (Å²) in [5.41, 5.74) is 0.314. The number of hydrogen-bond acceptors (Lipinski definition) is 3. The molecule has 0 aliphatic rings. The van der Waals surface area contributed by atoms with Crippen molar-refractivity contribution in [3.63, 3.8) is 0 Å². The maximum Gasteiger partial charge on any atom is 0.266 e. The van der Waals surface area contributed by atoms with E-state index in [1.807, 2.05) is 0 Å². The Bertz CT molecular complexity index is 365. The van der Waals surface area contributed by atoms with E-state index in [-0.39, 0.29) is 5.56 Å². The molecule has 0 atom stereocenters. The Morgan fingerprint density at radius 1 is 1.38 bits per heavy atom. The molecule has 0 amide bonds. The van der Waals surface area contributed by atoms with Crippen molar-refractivity contribution in [1.29, 1.82) is 0 Å². The van der Waals surface area contributed by atoms with Gasteiger partial charge in [0.1, 0.15) is 0 Å². The Kier molecular flexibility index (Phi) is 4.68. The third-order valence-electron chi connectivity index (χ3n) is 2.34. The van der Waals surface area contributed by atoms with Crippen LogP contribution in [0.15, 0.2) is 23.1 Å². The van der Waals surface area contributed by atoms with E-state index < -0.39 is 0 Å². The highest BCUT2D eigenvalue weighted by atomic mass is 16.1. The molecule has 0 bridgehead atoms. The fourth-order valence-corrected chi connectivity index (χ4v) is 1.33. The molecule has 90 valence electrons. The van der Waals surface area contributed by atoms with Gasteiger partial charge in [-0.15, -0.1) is 0 Å². The minimum atomic E-state index is -0.0416. The molecule has 4 nitrogen and oxygen atoms in total. The lowest BCUT2D eigenvalue weighted by Gasteiger charge is -2.18. The van der Waals surface area contributed by atoms with Crippen molar-refractivity contribution in [2.45, 2.75) is 33.7 Å². The van der Waals surface area contributed by atoms with Gasteiger partial charge in [-0.1, -0.05) is 20.8 Å². The maximum absolute atomic E-state index is 11.3. The molecule has 0 aliphatic heterocycles. The molecule has 0 spiro atoms. The van der Waals surface area contributed by atoms with Crippen molar-refractivity contribution < 1.29 is 0 Å². The quantitative estimate of drug-likeness (QED) is 0.765. The standard InChI is InChI=1S/C12H21N3O/c1-12(2,3)6-8-13-9-10-15-11(16)5-4-7-14-15/h4-5,7,13H,6,8-10H2,1-3H3. The van der Waals surface area contributed by atoms with E-state index in [2.05, 4.69) is 31.2 Å². The Balaban J connectivity index is 2.22. The van der Waals surface area contributed by atoms with Crippen LogP contribution in [0.4, 0.5) is 0 Å². The first-order valence-corrected chi connectivity index (χ1v) is 5.72. The average Bonchev–Trinajstić information content (AvgIpc) is 2.18. The van der Waals surface area contributed by atoms with E-state index in [4.69, 9.17) is 0 Å². The Morgan fingerprint density at radius 2 is 2.12 bits per heavy atom. The van der Waals surface area contributed by atoms with Crippen LogP contribution in [0.2, 0.25) is 0 Å². The van der Waals surface area contributed by atoms with Gasteiger partial charge in [-0.3, -0.25) is 4.79 Å². The van der Waals surface area contributed by atoms with Gasteiger partial charge in [0.05, 0.1) is 6.54 Å². The number of nitrogens with zero attached hydrogens (tertiary/aromatic N) is 2. The van der Waals surface area contributed by atoms with Crippen molar-refractivity contribution in [3.05, 3.63) is 28.7 Å². The second-order valence-corrected chi connectivity index (χ2v) is 5.15. The Labute approximate surface area is 96.7 Å². The summed E-state index contributed by atoms with van der Waals surface area (Å²) in [5, 5.41) is 7.31. The first kappa shape index (κ1) is 12.9. The highest BCUT2D eigenvalue weighted by Crippen LogP contribution is 2.16. The van der Waals surface area contributed by atoms with Gasteiger partial charge in [-0.25, -0.2) is 4.68 Å². The van der Waals surface area contributed by atoms with E-state index in [9.17, 15) is 4.79 Å². The van der Waals surface area contributed by atoms with E-state index in [0.29, 0.717) is 12.0 Å². The third-order valence-corrected chi connectivity index (χ3v) is 2.34. The summed E-state index contributed by atoms with van der Waals surface area (Å²) in [5.74, 6) is 0. The van der Waals surface area contributed by atoms with Crippen molar-refractivity contribution >= 4 is 0 Å². The fraction of sp³-hybridized carbons (Fsp3) is 0.667. The topological polar surface area (TPSA) is 46.9 Å². The number of nitrogens with one attached hydrogen (secondary N) is 1. The smallest absolute Gasteiger partial charge is 0.266 e. The number of hydrogen-bond donors (Lipinski definition) is 1. The largest absolute Gasteiger partial charge is 0.315 e. The van der Waals surface area contributed by atoms with E-state index in [1.165, 1.54) is 10.7 Å². The molecule has 0 aliphatic carbocycles. The molecule has 1 aromatic rings. The summed E-state index contributed by atoms with van der Waals surface area (Å²) >= 11 is 0. The van der Waals surface area contributed by atoms with Crippen LogP contribution in [0.3, 0.4) is 0 Å². The zero-order valence-electron chi connectivity index (χ0n) is 10.4. The SMILES string of the molecule is CC(C)(C)CCNCCn1ncccc1=O. The Morgan fingerprint density at radius 3 is 2.75 bits per heavy atom. The van der Waals surface area contributed by atoms with Crippen LogP contribution in [0, 0.1) is 5.41 Å². The summed E-state index contributed by atoms with van der Waals surface area (Å²) in [7, 11) is 0. The molecule has 0 aromatic carbocycles. The van der Waals surface area contributed by atoms with Gasteiger partial charge < -0.3 is 5.32 Å². The highest BCUT2D eigenvalue weighted by Gasteiger charge is 2.08. The first-order valence-electron chi connectivity index (χ1n) is 5.72. The molecular weight excluding hydrogens is 202 g/mol. The lowest BCUT2D eigenvalue weighted by Crippen LogP contribution is -2.29. The first-order chi connectivity index (χ1) is 7.49.